The van der Waals surface area contributed by atoms with Crippen molar-refractivity contribution >= 4 is 0 Å². The minimum atomic E-state index is 0.182. The maximum Gasteiger partial charge on any atom is 0.0628 e. The predicted molar refractivity (Wildman–Crippen MR) is 88.8 cm³/mol. The maximum atomic E-state index is 9.88. The van der Waals surface area contributed by atoms with Gasteiger partial charge in [0.05, 0.1) is 12.6 Å². The van der Waals surface area contributed by atoms with E-state index in [1.165, 1.54) is 23.1 Å². The number of nitrogens with zero attached hydrogens (tertiary/aromatic N) is 1. The summed E-state index contributed by atoms with van der Waals surface area (Å²) in [5, 5.41) is 9.88. The smallest absolute Gasteiger partial charge is 0.0628 e. The highest BCUT2D eigenvalue weighted by Crippen LogP contribution is 2.48. The van der Waals surface area contributed by atoms with Crippen molar-refractivity contribution in [3.05, 3.63) is 71.3 Å². The van der Waals surface area contributed by atoms with Gasteiger partial charge in [-0.25, -0.2) is 0 Å². The van der Waals surface area contributed by atoms with Gasteiger partial charge in [0.2, 0.25) is 0 Å². The first-order valence-electron chi connectivity index (χ1n) is 8.34. The first-order valence-corrected chi connectivity index (χ1v) is 8.34. The van der Waals surface area contributed by atoms with Gasteiger partial charge in [-0.1, -0.05) is 54.6 Å². The highest BCUT2D eigenvalue weighted by atomic mass is 16.3. The summed E-state index contributed by atoms with van der Waals surface area (Å²) in [6.45, 7) is 2.40. The van der Waals surface area contributed by atoms with Crippen LogP contribution in [0.4, 0.5) is 0 Å². The molecule has 1 fully saturated rings. The molecule has 0 bridgehead atoms. The molecule has 1 N–H and O–H groups in total. The van der Waals surface area contributed by atoms with Crippen molar-refractivity contribution in [2.45, 2.75) is 24.8 Å². The monoisotopic (exact) mass is 293 g/mol. The van der Waals surface area contributed by atoms with Crippen molar-refractivity contribution < 1.29 is 5.11 Å². The van der Waals surface area contributed by atoms with Gasteiger partial charge in [-0.15, -0.1) is 0 Å². The zero-order valence-corrected chi connectivity index (χ0v) is 12.9. The quantitative estimate of drug-likeness (QED) is 0.934. The molecule has 2 aromatic carbocycles. The summed E-state index contributed by atoms with van der Waals surface area (Å²) in [7, 11) is 0. The average Bonchev–Trinajstić information content (AvgIpc) is 3.35. The summed E-state index contributed by atoms with van der Waals surface area (Å²) in [6, 6.07) is 19.6. The van der Waals surface area contributed by atoms with Crippen LogP contribution in [-0.2, 0) is 6.42 Å². The van der Waals surface area contributed by atoms with Gasteiger partial charge in [0.25, 0.3) is 0 Å². The standard InChI is InChI=1S/C20H23NO/c22-14-20-18-9-5-4-8-16(18)10-11-21(20)13-17-12-19(17)15-6-2-1-3-7-15/h1-9,17,19-20,22H,10-14H2/t17-,19-,20+/m0/s1. The molecule has 1 aliphatic carbocycles. The van der Waals surface area contributed by atoms with Crippen molar-refractivity contribution in [3.8, 4) is 0 Å². The van der Waals surface area contributed by atoms with Crippen molar-refractivity contribution in [3.63, 3.8) is 0 Å². The van der Waals surface area contributed by atoms with E-state index < -0.39 is 0 Å². The molecule has 0 aromatic heterocycles. The Hall–Kier alpha value is -1.64. The van der Waals surface area contributed by atoms with E-state index in [0.717, 1.165) is 31.3 Å². The molecule has 1 saturated carbocycles. The zero-order valence-electron chi connectivity index (χ0n) is 12.9. The van der Waals surface area contributed by atoms with Gasteiger partial charge in [-0.2, -0.15) is 0 Å². The Bertz CT molecular complexity index is 639. The lowest BCUT2D eigenvalue weighted by atomic mass is 9.92. The minimum absolute atomic E-state index is 0.182. The first-order chi connectivity index (χ1) is 10.9. The molecule has 0 radical (unpaired) electrons. The summed E-state index contributed by atoms with van der Waals surface area (Å²) >= 11 is 0. The molecule has 0 saturated heterocycles. The van der Waals surface area contributed by atoms with Crippen LogP contribution in [0.3, 0.4) is 0 Å². The molecule has 1 heterocycles. The fourth-order valence-electron chi connectivity index (χ4n) is 3.99. The SMILES string of the molecule is OC[C@@H]1c2ccccc2CCN1C[C@@H]1C[C@H]1c1ccccc1. The molecule has 0 amide bonds. The number of hydrogen-bond acceptors (Lipinski definition) is 2. The molecule has 114 valence electrons. The molecular weight excluding hydrogens is 270 g/mol. The van der Waals surface area contributed by atoms with Crippen LogP contribution in [0.1, 0.15) is 35.1 Å². The average molecular weight is 293 g/mol. The number of aliphatic hydroxyl groups is 1. The van der Waals surface area contributed by atoms with Crippen LogP contribution in [-0.4, -0.2) is 29.7 Å². The van der Waals surface area contributed by atoms with Gasteiger partial charge < -0.3 is 5.11 Å². The van der Waals surface area contributed by atoms with Gasteiger partial charge in [-0.3, -0.25) is 4.90 Å². The molecule has 2 nitrogen and oxygen atoms in total. The molecular formula is C20H23NO. The number of fused-ring (bicyclic) bond motifs is 1. The number of benzene rings is 2. The lowest BCUT2D eigenvalue weighted by Crippen LogP contribution is -2.38. The van der Waals surface area contributed by atoms with E-state index in [1.54, 1.807) is 0 Å². The molecule has 2 aliphatic rings. The fourth-order valence-corrected chi connectivity index (χ4v) is 3.99. The van der Waals surface area contributed by atoms with Crippen LogP contribution in [0.5, 0.6) is 0 Å². The normalized spacial score (nSPS) is 27.4. The van der Waals surface area contributed by atoms with Crippen LogP contribution in [0.2, 0.25) is 0 Å². The molecule has 0 unspecified atom stereocenters. The summed E-state index contributed by atoms with van der Waals surface area (Å²) in [5.41, 5.74) is 4.21. The Labute approximate surface area is 132 Å². The second-order valence-corrected chi connectivity index (χ2v) is 6.66. The molecule has 4 rings (SSSR count). The minimum Gasteiger partial charge on any atom is -0.394 e. The summed E-state index contributed by atoms with van der Waals surface area (Å²) in [6.07, 6.45) is 2.40. The third kappa shape index (κ3) is 2.57. The van der Waals surface area contributed by atoms with Crippen molar-refractivity contribution in [1.82, 2.24) is 4.90 Å². The highest BCUT2D eigenvalue weighted by Gasteiger charge is 2.41. The fraction of sp³-hybridized carbons (Fsp3) is 0.400. The Morgan fingerprint density at radius 3 is 2.59 bits per heavy atom. The second-order valence-electron chi connectivity index (χ2n) is 6.66. The third-order valence-corrected chi connectivity index (χ3v) is 5.32. The number of hydrogen-bond donors (Lipinski definition) is 1. The lowest BCUT2D eigenvalue weighted by molar-refractivity contribution is 0.109. The van der Waals surface area contributed by atoms with E-state index >= 15 is 0 Å². The van der Waals surface area contributed by atoms with Crippen LogP contribution >= 0.6 is 0 Å². The van der Waals surface area contributed by atoms with Gasteiger partial charge in [0.1, 0.15) is 0 Å². The number of aliphatic hydroxyl groups excluding tert-OH is 1. The van der Waals surface area contributed by atoms with Crippen LogP contribution in [0, 0.1) is 5.92 Å². The predicted octanol–water partition coefficient (Wildman–Crippen LogP) is 3.38. The Morgan fingerprint density at radius 1 is 1.00 bits per heavy atom. The van der Waals surface area contributed by atoms with E-state index in [2.05, 4.69) is 59.5 Å². The Morgan fingerprint density at radius 2 is 1.77 bits per heavy atom. The third-order valence-electron chi connectivity index (χ3n) is 5.32. The largest absolute Gasteiger partial charge is 0.394 e. The lowest BCUT2D eigenvalue weighted by Gasteiger charge is -2.36. The van der Waals surface area contributed by atoms with Crippen molar-refractivity contribution in [2.24, 2.45) is 5.92 Å². The molecule has 0 spiro atoms. The van der Waals surface area contributed by atoms with E-state index in [9.17, 15) is 5.11 Å². The summed E-state index contributed by atoms with van der Waals surface area (Å²) in [5.74, 6) is 1.47. The summed E-state index contributed by atoms with van der Waals surface area (Å²) < 4.78 is 0. The van der Waals surface area contributed by atoms with Crippen LogP contribution < -0.4 is 0 Å². The van der Waals surface area contributed by atoms with Gasteiger partial charge in [0.15, 0.2) is 0 Å². The van der Waals surface area contributed by atoms with E-state index in [4.69, 9.17) is 0 Å². The van der Waals surface area contributed by atoms with Gasteiger partial charge in [0, 0.05) is 13.1 Å². The molecule has 2 aromatic rings. The van der Waals surface area contributed by atoms with Crippen molar-refractivity contribution in [2.75, 3.05) is 19.7 Å². The first kappa shape index (κ1) is 14.0. The zero-order chi connectivity index (χ0) is 14.9. The molecule has 2 heteroatoms. The van der Waals surface area contributed by atoms with E-state index in [1.807, 2.05) is 0 Å². The van der Waals surface area contributed by atoms with Crippen LogP contribution in [0.15, 0.2) is 54.6 Å². The molecule has 22 heavy (non-hydrogen) atoms. The summed E-state index contributed by atoms with van der Waals surface area (Å²) in [4.78, 5) is 2.50. The second kappa shape index (κ2) is 5.86. The Kier molecular flexibility index (Phi) is 3.73. The highest BCUT2D eigenvalue weighted by molar-refractivity contribution is 5.33. The molecule has 1 aliphatic heterocycles. The topological polar surface area (TPSA) is 23.5 Å². The van der Waals surface area contributed by atoms with E-state index in [-0.39, 0.29) is 12.6 Å². The Balaban J connectivity index is 1.46. The number of rotatable bonds is 4. The maximum absolute atomic E-state index is 9.88. The van der Waals surface area contributed by atoms with Crippen molar-refractivity contribution in [1.29, 1.82) is 0 Å². The van der Waals surface area contributed by atoms with Gasteiger partial charge >= 0.3 is 0 Å². The van der Waals surface area contributed by atoms with Crippen LogP contribution in [0.25, 0.3) is 0 Å². The van der Waals surface area contributed by atoms with E-state index in [0.29, 0.717) is 0 Å². The molecule has 3 atom stereocenters. The van der Waals surface area contributed by atoms with Gasteiger partial charge in [-0.05, 0) is 41.4 Å².